The topological polar surface area (TPSA) is 129 Å². The van der Waals surface area contributed by atoms with Gasteiger partial charge in [0.1, 0.15) is 25.4 Å². The number of rotatable bonds is 11. The van der Waals surface area contributed by atoms with Crippen LogP contribution in [0.5, 0.6) is 0 Å². The van der Waals surface area contributed by atoms with Crippen LogP contribution in [0.15, 0.2) is 25.3 Å². The fraction of sp³-hybridized carbons (Fsp3) is 0.758. The highest BCUT2D eigenvalue weighted by molar-refractivity contribution is 5.81. The van der Waals surface area contributed by atoms with Crippen molar-refractivity contribution in [2.45, 2.75) is 134 Å². The van der Waals surface area contributed by atoms with Crippen LogP contribution in [0.3, 0.4) is 0 Å². The van der Waals surface area contributed by atoms with Crippen molar-refractivity contribution < 1.29 is 38.1 Å². The molecule has 10 nitrogen and oxygen atoms in total. The van der Waals surface area contributed by atoms with E-state index in [1.54, 1.807) is 13.8 Å². The van der Waals surface area contributed by atoms with E-state index in [2.05, 4.69) is 37.6 Å². The third kappa shape index (κ3) is 13.0. The van der Waals surface area contributed by atoms with Gasteiger partial charge in [0.25, 0.3) is 0 Å². The quantitative estimate of drug-likeness (QED) is 0.154. The molecule has 0 aromatic carbocycles. The van der Waals surface area contributed by atoms with Crippen molar-refractivity contribution in [3.05, 3.63) is 25.3 Å². The van der Waals surface area contributed by atoms with Gasteiger partial charge in [0.2, 0.25) is 0 Å². The first kappa shape index (κ1) is 36.2. The van der Waals surface area contributed by atoms with E-state index in [0.29, 0.717) is 11.8 Å². The summed E-state index contributed by atoms with van der Waals surface area (Å²) in [5.41, 5.74) is -0.900. The Bertz CT molecular complexity index is 949. The van der Waals surface area contributed by atoms with Gasteiger partial charge >= 0.3 is 24.1 Å². The van der Waals surface area contributed by atoms with Gasteiger partial charge in [-0.05, 0) is 65.2 Å². The zero-order chi connectivity index (χ0) is 31.9. The highest BCUT2D eigenvalue weighted by Gasteiger charge is 2.41. The highest BCUT2D eigenvalue weighted by atomic mass is 16.6. The van der Waals surface area contributed by atoms with Crippen LogP contribution in [-0.2, 0) is 28.5 Å². The van der Waals surface area contributed by atoms with Gasteiger partial charge in [0.05, 0.1) is 0 Å². The average molecular weight is 607 g/mol. The lowest BCUT2D eigenvalue weighted by Gasteiger charge is -2.44. The number of amides is 2. The Hall–Kier alpha value is -3.04. The molecule has 43 heavy (non-hydrogen) atoms. The van der Waals surface area contributed by atoms with Crippen molar-refractivity contribution in [3.8, 4) is 0 Å². The molecule has 244 valence electrons. The fourth-order valence-corrected chi connectivity index (χ4v) is 6.58. The lowest BCUT2D eigenvalue weighted by molar-refractivity contribution is -0.141. The zero-order valence-corrected chi connectivity index (χ0v) is 26.8. The van der Waals surface area contributed by atoms with Crippen molar-refractivity contribution in [2.75, 3.05) is 13.2 Å². The van der Waals surface area contributed by atoms with Crippen LogP contribution in [0.25, 0.3) is 0 Å². The number of alkyl carbamates (subject to hydrolysis) is 2. The summed E-state index contributed by atoms with van der Waals surface area (Å²) in [6.07, 6.45) is 12.9. The molecule has 0 aromatic heterocycles. The third-order valence-corrected chi connectivity index (χ3v) is 8.87. The summed E-state index contributed by atoms with van der Waals surface area (Å²) in [6.45, 7) is 14.3. The minimum absolute atomic E-state index is 0.0339. The molecular formula is C33H54N2O8. The molecule has 0 radical (unpaired) electrons. The Morgan fingerprint density at radius 2 is 1.19 bits per heavy atom. The monoisotopic (exact) mass is 606 g/mol. The number of carbonyl (C=O) groups is 4. The summed E-state index contributed by atoms with van der Waals surface area (Å²) in [4.78, 5) is 48.6. The number of esters is 2. The van der Waals surface area contributed by atoms with Crippen LogP contribution >= 0.6 is 0 Å². The summed E-state index contributed by atoms with van der Waals surface area (Å²) in [5, 5.41) is 6.34. The normalized spacial score (nSPS) is 26.7. The number of hydrogen-bond acceptors (Lipinski definition) is 8. The van der Waals surface area contributed by atoms with Gasteiger partial charge < -0.3 is 29.6 Å². The van der Waals surface area contributed by atoms with Gasteiger partial charge in [-0.3, -0.25) is 0 Å². The predicted molar refractivity (Wildman–Crippen MR) is 164 cm³/mol. The Morgan fingerprint density at radius 1 is 0.721 bits per heavy atom. The lowest BCUT2D eigenvalue weighted by atomic mass is 9.67. The van der Waals surface area contributed by atoms with E-state index < -0.39 is 47.4 Å². The van der Waals surface area contributed by atoms with Crippen molar-refractivity contribution in [2.24, 2.45) is 11.8 Å². The lowest BCUT2D eigenvalue weighted by Crippen LogP contribution is -2.54. The maximum Gasteiger partial charge on any atom is 0.407 e. The van der Waals surface area contributed by atoms with Crippen LogP contribution in [0.4, 0.5) is 9.59 Å². The minimum atomic E-state index is -0.591. The Kier molecular flexibility index (Phi) is 15.1. The summed E-state index contributed by atoms with van der Waals surface area (Å²) < 4.78 is 21.1. The zero-order valence-electron chi connectivity index (χ0n) is 26.8. The molecule has 5 unspecified atom stereocenters. The summed E-state index contributed by atoms with van der Waals surface area (Å²) in [5.74, 6) is -0.282. The molecule has 0 heterocycles. The fourth-order valence-electron chi connectivity index (χ4n) is 6.58. The molecule has 10 heteroatoms. The first-order chi connectivity index (χ1) is 20.4. The van der Waals surface area contributed by atoms with Crippen LogP contribution in [0.1, 0.15) is 111 Å². The highest BCUT2D eigenvalue weighted by Crippen LogP contribution is 2.42. The maximum absolute atomic E-state index is 13.1. The second kappa shape index (κ2) is 17.9. The van der Waals surface area contributed by atoms with E-state index in [1.807, 2.05) is 0 Å². The van der Waals surface area contributed by atoms with E-state index in [-0.39, 0.29) is 13.2 Å². The van der Waals surface area contributed by atoms with Crippen LogP contribution in [0.2, 0.25) is 0 Å². The molecule has 5 atom stereocenters. The molecular weight excluding hydrogens is 552 g/mol. The third-order valence-electron chi connectivity index (χ3n) is 8.87. The molecule has 0 saturated heterocycles. The van der Waals surface area contributed by atoms with Crippen LogP contribution in [-0.4, -0.2) is 60.6 Å². The summed E-state index contributed by atoms with van der Waals surface area (Å²) in [6, 6.07) is 0. The molecule has 2 fully saturated rings. The Morgan fingerprint density at radius 3 is 1.72 bits per heavy atom. The van der Waals surface area contributed by atoms with Gasteiger partial charge in [-0.15, -0.1) is 0 Å². The number of carbonyl (C=O) groups excluding carboxylic acids is 4. The molecule has 0 aliphatic heterocycles. The van der Waals surface area contributed by atoms with Crippen molar-refractivity contribution in [1.82, 2.24) is 10.6 Å². The molecule has 0 spiro atoms. The van der Waals surface area contributed by atoms with Gasteiger partial charge in [-0.1, -0.05) is 70.9 Å². The van der Waals surface area contributed by atoms with Gasteiger partial charge in [0, 0.05) is 23.2 Å². The molecule has 2 saturated carbocycles. The smallest absolute Gasteiger partial charge is 0.407 e. The molecule has 2 amide bonds. The Balaban J connectivity index is 2.08. The number of hydrogen-bond donors (Lipinski definition) is 2. The van der Waals surface area contributed by atoms with Crippen molar-refractivity contribution >= 4 is 24.1 Å². The largest absolute Gasteiger partial charge is 0.459 e. The predicted octanol–water partition coefficient (Wildman–Crippen LogP) is 6.52. The Labute approximate surface area is 257 Å². The maximum atomic E-state index is 13.1. The van der Waals surface area contributed by atoms with Gasteiger partial charge in [-0.2, -0.15) is 0 Å². The molecule has 2 N–H and O–H groups in total. The van der Waals surface area contributed by atoms with Crippen LogP contribution < -0.4 is 10.6 Å². The van der Waals surface area contributed by atoms with Gasteiger partial charge in [-0.25, -0.2) is 19.2 Å². The number of nitrogens with one attached hydrogen (secondary N) is 2. The minimum Gasteiger partial charge on any atom is -0.459 e. The van der Waals surface area contributed by atoms with E-state index in [0.717, 1.165) is 76.4 Å². The summed E-state index contributed by atoms with van der Waals surface area (Å²) in [7, 11) is 0. The molecule has 2 aliphatic rings. The van der Waals surface area contributed by atoms with E-state index >= 15 is 0 Å². The first-order valence-electron chi connectivity index (χ1n) is 16.0. The molecule has 0 aromatic rings. The van der Waals surface area contributed by atoms with Crippen LogP contribution in [0, 0.1) is 11.8 Å². The van der Waals surface area contributed by atoms with Crippen molar-refractivity contribution in [1.29, 1.82) is 0 Å². The second-order valence-corrected chi connectivity index (χ2v) is 12.8. The average Bonchev–Trinajstić information content (AvgIpc) is 2.99. The van der Waals surface area contributed by atoms with Gasteiger partial charge in [0.15, 0.2) is 0 Å². The summed E-state index contributed by atoms with van der Waals surface area (Å²) >= 11 is 0. The first-order valence-corrected chi connectivity index (χ1v) is 16.0. The van der Waals surface area contributed by atoms with E-state index in [9.17, 15) is 19.2 Å². The molecule has 2 aliphatic carbocycles. The van der Waals surface area contributed by atoms with Crippen molar-refractivity contribution in [3.63, 3.8) is 0 Å². The van der Waals surface area contributed by atoms with E-state index in [4.69, 9.17) is 18.9 Å². The second-order valence-electron chi connectivity index (χ2n) is 12.8. The molecule has 0 bridgehead atoms. The standard InChI is InChI=1S/C33H54N2O8/c1-7-28(36)40-22-24(3)42-30(38)34-32(5)19-13-12-18-27(26-16-10-9-11-17-26)33(6,21-15-14-20-32)35-31(39)43-25(4)23-41-29(37)8-2/h7-8,24-27H,1-2,9-23H2,3-6H3,(H,34,38)(H,35,39). The number of ether oxygens (including phenoxy) is 4. The molecule has 2 rings (SSSR count). The van der Waals surface area contributed by atoms with E-state index in [1.165, 1.54) is 19.3 Å². The SMILES string of the molecule is C=CC(=O)OCC(C)OC(=O)NC1(C)CCCCC(C2CCCCC2)C(C)(NC(=O)OC(C)COC(=O)C=C)CCCC1.